The van der Waals surface area contributed by atoms with Crippen molar-refractivity contribution in [1.29, 1.82) is 0 Å². The summed E-state index contributed by atoms with van der Waals surface area (Å²) in [6.07, 6.45) is 6.60. The fraction of sp³-hybridized carbons (Fsp3) is 0.600. The number of aromatic nitrogens is 5. The minimum absolute atomic E-state index is 0.100. The van der Waals surface area contributed by atoms with E-state index >= 15 is 0 Å². The highest BCUT2D eigenvalue weighted by Crippen LogP contribution is 2.28. The number of aryl methyl sites for hydroxylation is 2. The van der Waals surface area contributed by atoms with Crippen LogP contribution in [0.4, 0.5) is 0 Å². The molecule has 130 valence electrons. The predicted octanol–water partition coefficient (Wildman–Crippen LogP) is -0.165. The van der Waals surface area contributed by atoms with Gasteiger partial charge in [0.1, 0.15) is 19.0 Å². The van der Waals surface area contributed by atoms with Crippen molar-refractivity contribution in [1.82, 2.24) is 29.4 Å². The van der Waals surface area contributed by atoms with Gasteiger partial charge in [-0.05, 0) is 19.8 Å². The van der Waals surface area contributed by atoms with Crippen LogP contribution in [0.5, 0.6) is 0 Å². The van der Waals surface area contributed by atoms with Crippen LogP contribution in [0.1, 0.15) is 31.4 Å². The molecule has 1 aliphatic heterocycles. The zero-order chi connectivity index (χ0) is 17.1. The molecule has 2 aromatic heterocycles. The number of nitrogens with one attached hydrogen (secondary N) is 1. The van der Waals surface area contributed by atoms with E-state index in [1.807, 2.05) is 17.8 Å². The first-order chi connectivity index (χ1) is 11.6. The van der Waals surface area contributed by atoms with E-state index in [2.05, 4.69) is 15.5 Å². The Morgan fingerprint density at radius 3 is 2.96 bits per heavy atom. The summed E-state index contributed by atoms with van der Waals surface area (Å²) < 4.78 is 10.2. The Hall–Kier alpha value is -2.42. The van der Waals surface area contributed by atoms with E-state index in [0.717, 1.165) is 29.6 Å². The third-order valence-corrected chi connectivity index (χ3v) is 4.15. The number of ether oxygens (including phenoxy) is 1. The third kappa shape index (κ3) is 3.40. The number of rotatable bonds is 5. The van der Waals surface area contributed by atoms with Gasteiger partial charge in [0.05, 0.1) is 12.2 Å². The fourth-order valence-corrected chi connectivity index (χ4v) is 2.87. The first-order valence-electron chi connectivity index (χ1n) is 8.10. The van der Waals surface area contributed by atoms with E-state index in [4.69, 9.17) is 4.74 Å². The van der Waals surface area contributed by atoms with Crippen LogP contribution in [0.3, 0.4) is 0 Å². The van der Waals surface area contributed by atoms with Gasteiger partial charge in [-0.25, -0.2) is 9.48 Å². The number of carbonyl (C=O) groups is 1. The second-order valence-electron chi connectivity index (χ2n) is 5.92. The van der Waals surface area contributed by atoms with Crippen molar-refractivity contribution in [3.63, 3.8) is 0 Å². The lowest BCUT2D eigenvalue weighted by Crippen LogP contribution is -2.44. The quantitative estimate of drug-likeness (QED) is 0.819. The summed E-state index contributed by atoms with van der Waals surface area (Å²) in [6, 6.07) is -0.139. The predicted molar refractivity (Wildman–Crippen MR) is 85.2 cm³/mol. The van der Waals surface area contributed by atoms with Gasteiger partial charge in [0.25, 0.3) is 0 Å². The maximum absolute atomic E-state index is 12.3. The Morgan fingerprint density at radius 1 is 1.46 bits per heavy atom. The van der Waals surface area contributed by atoms with Crippen molar-refractivity contribution in [3.05, 3.63) is 34.8 Å². The molecule has 9 heteroatoms. The summed E-state index contributed by atoms with van der Waals surface area (Å²) in [5.41, 5.74) is 0.641. The van der Waals surface area contributed by atoms with Crippen molar-refractivity contribution in [2.45, 2.75) is 45.0 Å². The lowest BCUT2D eigenvalue weighted by Gasteiger charge is -2.31. The molecule has 1 fully saturated rings. The molecule has 0 radical (unpaired) electrons. The Kier molecular flexibility index (Phi) is 4.79. The topological polar surface area (TPSA) is 96.0 Å². The molecular weight excluding hydrogens is 312 g/mol. The summed E-state index contributed by atoms with van der Waals surface area (Å²) in [6.45, 7) is 3.36. The van der Waals surface area contributed by atoms with Gasteiger partial charge in [-0.2, -0.15) is 10.2 Å². The monoisotopic (exact) mass is 334 g/mol. The molecule has 24 heavy (non-hydrogen) atoms. The average molecular weight is 334 g/mol. The molecule has 1 saturated heterocycles. The van der Waals surface area contributed by atoms with Crippen molar-refractivity contribution in [2.75, 3.05) is 6.61 Å². The van der Waals surface area contributed by atoms with Crippen molar-refractivity contribution < 1.29 is 9.53 Å². The van der Waals surface area contributed by atoms with E-state index in [-0.39, 0.29) is 30.3 Å². The highest BCUT2D eigenvalue weighted by atomic mass is 16.5. The van der Waals surface area contributed by atoms with Crippen LogP contribution in [0.2, 0.25) is 0 Å². The highest BCUT2D eigenvalue weighted by Gasteiger charge is 2.30. The summed E-state index contributed by atoms with van der Waals surface area (Å²) >= 11 is 0. The summed E-state index contributed by atoms with van der Waals surface area (Å²) in [4.78, 5) is 24.0. The van der Waals surface area contributed by atoms with Crippen LogP contribution in [0, 0.1) is 0 Å². The molecule has 0 aliphatic carbocycles. The number of amides is 1. The molecule has 0 aromatic carbocycles. The second kappa shape index (κ2) is 7.00. The van der Waals surface area contributed by atoms with E-state index in [1.54, 1.807) is 13.2 Å². The molecule has 3 heterocycles. The molecule has 3 rings (SSSR count). The maximum Gasteiger partial charge on any atom is 0.345 e. The fourth-order valence-electron chi connectivity index (χ4n) is 2.87. The smallest absolute Gasteiger partial charge is 0.345 e. The molecule has 1 aliphatic rings. The lowest BCUT2D eigenvalue weighted by molar-refractivity contribution is -0.125. The molecule has 1 N–H and O–H groups in total. The second-order valence-corrected chi connectivity index (χ2v) is 5.92. The van der Waals surface area contributed by atoms with Crippen LogP contribution in [-0.4, -0.2) is 42.7 Å². The van der Waals surface area contributed by atoms with Crippen molar-refractivity contribution in [3.8, 4) is 0 Å². The first-order valence-corrected chi connectivity index (χ1v) is 8.10. The molecule has 0 saturated carbocycles. The Bertz CT molecular complexity index is 761. The van der Waals surface area contributed by atoms with Crippen molar-refractivity contribution in [2.24, 2.45) is 7.05 Å². The van der Waals surface area contributed by atoms with Gasteiger partial charge in [0, 0.05) is 32.0 Å². The van der Waals surface area contributed by atoms with Gasteiger partial charge in [-0.3, -0.25) is 14.0 Å². The Balaban J connectivity index is 1.68. The SMILES string of the molecule is CCn1cc([C@H]2OCCC[C@@H]2NC(=O)Cn2ncn(C)c2=O)cn1. The van der Waals surface area contributed by atoms with Gasteiger partial charge in [0.15, 0.2) is 0 Å². The molecular formula is C15H22N6O3. The van der Waals surface area contributed by atoms with E-state index in [0.29, 0.717) is 6.61 Å². The van der Waals surface area contributed by atoms with E-state index in [1.165, 1.54) is 10.9 Å². The lowest BCUT2D eigenvalue weighted by atomic mass is 9.98. The molecule has 0 unspecified atom stereocenters. The molecule has 1 amide bonds. The van der Waals surface area contributed by atoms with Crippen LogP contribution in [0.15, 0.2) is 23.5 Å². The molecule has 0 spiro atoms. The van der Waals surface area contributed by atoms with Gasteiger partial charge in [0.2, 0.25) is 5.91 Å². The molecule has 9 nitrogen and oxygen atoms in total. The first kappa shape index (κ1) is 16.4. The van der Waals surface area contributed by atoms with E-state index < -0.39 is 0 Å². The molecule has 0 bridgehead atoms. The number of hydrogen-bond donors (Lipinski definition) is 1. The largest absolute Gasteiger partial charge is 0.371 e. The minimum Gasteiger partial charge on any atom is -0.371 e. The summed E-state index contributed by atoms with van der Waals surface area (Å²) in [7, 11) is 1.60. The van der Waals surface area contributed by atoms with Gasteiger partial charge >= 0.3 is 5.69 Å². The van der Waals surface area contributed by atoms with Crippen LogP contribution >= 0.6 is 0 Å². The normalized spacial score (nSPS) is 20.9. The number of hydrogen-bond acceptors (Lipinski definition) is 5. The van der Waals surface area contributed by atoms with Crippen molar-refractivity contribution >= 4 is 5.91 Å². The van der Waals surface area contributed by atoms with Gasteiger partial charge in [-0.1, -0.05) is 0 Å². The Morgan fingerprint density at radius 2 is 2.29 bits per heavy atom. The summed E-state index contributed by atoms with van der Waals surface area (Å²) in [5, 5.41) is 11.1. The molecule has 2 atom stereocenters. The van der Waals surface area contributed by atoms with Gasteiger partial charge < -0.3 is 10.1 Å². The van der Waals surface area contributed by atoms with Gasteiger partial charge in [-0.15, -0.1) is 0 Å². The average Bonchev–Trinajstić information content (AvgIpc) is 3.17. The zero-order valence-electron chi connectivity index (χ0n) is 13.9. The van der Waals surface area contributed by atoms with E-state index in [9.17, 15) is 9.59 Å². The third-order valence-electron chi connectivity index (χ3n) is 4.15. The maximum atomic E-state index is 12.3. The highest BCUT2D eigenvalue weighted by molar-refractivity contribution is 5.76. The van der Waals surface area contributed by atoms with Crippen LogP contribution < -0.4 is 11.0 Å². The molecule has 2 aromatic rings. The minimum atomic E-state index is -0.314. The standard InChI is InChI=1S/C15H22N6O3/c1-3-20-8-11(7-16-20)14-12(5-4-6-24-14)18-13(22)9-21-15(23)19(2)10-17-21/h7-8,10,12,14H,3-6,9H2,1-2H3,(H,18,22)/t12-,14+/m0/s1. The Labute approximate surface area is 139 Å². The van der Waals surface area contributed by atoms with Crippen LogP contribution in [0.25, 0.3) is 0 Å². The van der Waals surface area contributed by atoms with Crippen LogP contribution in [-0.2, 0) is 29.7 Å². The number of nitrogens with zero attached hydrogens (tertiary/aromatic N) is 5. The zero-order valence-corrected chi connectivity index (χ0v) is 13.9. The summed E-state index contributed by atoms with van der Waals surface area (Å²) in [5.74, 6) is -0.251. The number of carbonyl (C=O) groups excluding carboxylic acids is 1.